The fourth-order valence-corrected chi connectivity index (χ4v) is 0.951. The van der Waals surface area contributed by atoms with Crippen molar-refractivity contribution in [2.24, 2.45) is 0 Å². The minimum Gasteiger partial charge on any atom is -0.474 e. The van der Waals surface area contributed by atoms with E-state index in [1.165, 1.54) is 12.5 Å². The molecule has 0 bridgehead atoms. The van der Waals surface area contributed by atoms with Gasteiger partial charge in [0.25, 0.3) is 0 Å². The maximum Gasteiger partial charge on any atom is 0.0829 e. The number of hydrogen-bond acceptors (Lipinski definition) is 1. The molecule has 15 heavy (non-hydrogen) atoms. The predicted octanol–water partition coefficient (Wildman–Crippen LogP) is 4.26. The van der Waals surface area contributed by atoms with E-state index in [0.717, 1.165) is 11.1 Å². The predicted molar refractivity (Wildman–Crippen MR) is 68.1 cm³/mol. The summed E-state index contributed by atoms with van der Waals surface area (Å²) in [4.78, 5) is 0. The first-order valence-electron chi connectivity index (χ1n) is 4.51. The van der Waals surface area contributed by atoms with E-state index in [4.69, 9.17) is 0 Å². The number of hydrogen-bond donors (Lipinski definition) is 0. The van der Waals surface area contributed by atoms with Crippen molar-refractivity contribution in [1.82, 2.24) is 0 Å². The van der Waals surface area contributed by atoms with Crippen molar-refractivity contribution in [3.05, 3.63) is 74.2 Å². The zero-order chi connectivity index (χ0) is 11.5. The highest BCUT2D eigenvalue weighted by Crippen LogP contribution is 2.10. The van der Waals surface area contributed by atoms with Crippen LogP contribution in [0.3, 0.4) is 0 Å². The van der Waals surface area contributed by atoms with E-state index >= 15 is 0 Å². The van der Waals surface area contributed by atoms with Gasteiger partial charge in [0, 0.05) is 0 Å². The monoisotopic (exact) mass is 200 g/mol. The second-order valence-electron chi connectivity index (χ2n) is 2.51. The molecule has 1 aromatic carbocycles. The van der Waals surface area contributed by atoms with Crippen molar-refractivity contribution in [2.45, 2.75) is 0 Å². The molecule has 0 N–H and O–H groups in total. The molecule has 1 aromatic rings. The van der Waals surface area contributed by atoms with Crippen molar-refractivity contribution in [3.8, 4) is 0 Å². The first-order valence-corrected chi connectivity index (χ1v) is 4.51. The number of rotatable bonds is 4. The van der Waals surface area contributed by atoms with Crippen LogP contribution in [-0.2, 0) is 4.74 Å². The topological polar surface area (TPSA) is 9.23 Å². The van der Waals surface area contributed by atoms with Gasteiger partial charge in [0.05, 0.1) is 12.5 Å². The van der Waals surface area contributed by atoms with E-state index in [-0.39, 0.29) is 0 Å². The standard InChI is InChI=1S/C10H10.C4H6O/c1-3-9-7-5-6-8-10(9)4-2;1-3-5-4-2/h3-8H,1-2H2;3-4H,1-2H2. The Morgan fingerprint density at radius 1 is 0.800 bits per heavy atom. The molecule has 0 aromatic heterocycles. The highest BCUT2D eigenvalue weighted by atomic mass is 16.5. The molecule has 0 radical (unpaired) electrons. The molecule has 0 aliphatic rings. The fraction of sp³-hybridized carbons (Fsp3) is 0. The Labute approximate surface area is 91.7 Å². The summed E-state index contributed by atoms with van der Waals surface area (Å²) in [5.41, 5.74) is 2.27. The zero-order valence-corrected chi connectivity index (χ0v) is 8.86. The van der Waals surface area contributed by atoms with Gasteiger partial charge in [-0.25, -0.2) is 0 Å². The van der Waals surface area contributed by atoms with Gasteiger partial charge in [0.15, 0.2) is 0 Å². The molecule has 0 heterocycles. The van der Waals surface area contributed by atoms with Crippen LogP contribution in [0, 0.1) is 0 Å². The lowest BCUT2D eigenvalue weighted by Crippen LogP contribution is -1.76. The second-order valence-corrected chi connectivity index (χ2v) is 2.51. The maximum atomic E-state index is 4.36. The summed E-state index contributed by atoms with van der Waals surface area (Å²) in [5.74, 6) is 0. The zero-order valence-electron chi connectivity index (χ0n) is 8.86. The molecule has 0 fully saturated rings. The molecular weight excluding hydrogens is 184 g/mol. The number of benzene rings is 1. The SMILES string of the molecule is C=COC=C.C=Cc1ccccc1C=C. The molecule has 0 aliphatic heterocycles. The van der Waals surface area contributed by atoms with E-state index in [2.05, 4.69) is 31.1 Å². The van der Waals surface area contributed by atoms with Gasteiger partial charge in [0.2, 0.25) is 0 Å². The van der Waals surface area contributed by atoms with Crippen molar-refractivity contribution in [1.29, 1.82) is 0 Å². The lowest BCUT2D eigenvalue weighted by Gasteiger charge is -1.96. The summed E-state index contributed by atoms with van der Waals surface area (Å²) in [5, 5.41) is 0. The minimum absolute atomic E-state index is 1.14. The molecule has 1 heteroatoms. The van der Waals surface area contributed by atoms with Gasteiger partial charge in [0.1, 0.15) is 0 Å². The largest absolute Gasteiger partial charge is 0.474 e. The van der Waals surface area contributed by atoms with E-state index in [9.17, 15) is 0 Å². The molecule has 0 saturated carbocycles. The van der Waals surface area contributed by atoms with Crippen molar-refractivity contribution >= 4 is 12.2 Å². The Morgan fingerprint density at radius 2 is 1.20 bits per heavy atom. The molecule has 1 nitrogen and oxygen atoms in total. The van der Waals surface area contributed by atoms with Crippen LogP contribution in [-0.4, -0.2) is 0 Å². The Morgan fingerprint density at radius 3 is 1.40 bits per heavy atom. The first kappa shape index (κ1) is 13.0. The van der Waals surface area contributed by atoms with Gasteiger partial charge in [-0.05, 0) is 11.1 Å². The highest BCUT2D eigenvalue weighted by molar-refractivity contribution is 5.63. The van der Waals surface area contributed by atoms with Crippen LogP contribution in [0.15, 0.2) is 63.1 Å². The van der Waals surface area contributed by atoms with E-state index < -0.39 is 0 Å². The molecule has 0 amide bonds. The van der Waals surface area contributed by atoms with Crippen LogP contribution in [0.1, 0.15) is 11.1 Å². The van der Waals surface area contributed by atoms with Crippen LogP contribution < -0.4 is 0 Å². The summed E-state index contributed by atoms with van der Waals surface area (Å²) < 4.78 is 4.36. The van der Waals surface area contributed by atoms with Crippen LogP contribution >= 0.6 is 0 Å². The first-order chi connectivity index (χ1) is 7.29. The van der Waals surface area contributed by atoms with Crippen molar-refractivity contribution in [3.63, 3.8) is 0 Å². The van der Waals surface area contributed by atoms with Gasteiger partial charge in [-0.3, -0.25) is 0 Å². The summed E-state index contributed by atoms with van der Waals surface area (Å²) in [6, 6.07) is 8.02. The minimum atomic E-state index is 1.14. The van der Waals surface area contributed by atoms with Crippen molar-refractivity contribution in [2.75, 3.05) is 0 Å². The number of ether oxygens (including phenoxy) is 1. The Bertz CT molecular complexity index is 304. The van der Waals surface area contributed by atoms with Crippen molar-refractivity contribution < 1.29 is 4.74 Å². The fourth-order valence-electron chi connectivity index (χ4n) is 0.951. The van der Waals surface area contributed by atoms with E-state index in [0.29, 0.717) is 0 Å². The lowest BCUT2D eigenvalue weighted by molar-refractivity contribution is 0.406. The summed E-state index contributed by atoms with van der Waals surface area (Å²) >= 11 is 0. The van der Waals surface area contributed by atoms with Crippen LogP contribution in [0.25, 0.3) is 12.2 Å². The second kappa shape index (κ2) is 8.57. The van der Waals surface area contributed by atoms with E-state index in [1.54, 1.807) is 0 Å². The Balaban J connectivity index is 0.000000336. The molecule has 0 spiro atoms. The van der Waals surface area contributed by atoms with Crippen LogP contribution in [0.4, 0.5) is 0 Å². The maximum absolute atomic E-state index is 4.36. The molecule has 1 rings (SSSR count). The third-order valence-corrected chi connectivity index (χ3v) is 1.63. The molecule has 78 valence electrons. The summed E-state index contributed by atoms with van der Waals surface area (Å²) in [6.45, 7) is 13.9. The molecule has 0 aliphatic carbocycles. The third kappa shape index (κ3) is 5.32. The summed E-state index contributed by atoms with van der Waals surface area (Å²) in [6.07, 6.45) is 6.29. The normalized spacial score (nSPS) is 7.73. The van der Waals surface area contributed by atoms with Gasteiger partial charge < -0.3 is 4.74 Å². The smallest absolute Gasteiger partial charge is 0.0829 e. The summed E-state index contributed by atoms with van der Waals surface area (Å²) in [7, 11) is 0. The van der Waals surface area contributed by atoms with Crippen LogP contribution in [0.2, 0.25) is 0 Å². The van der Waals surface area contributed by atoms with Gasteiger partial charge in [-0.15, -0.1) is 0 Å². The third-order valence-electron chi connectivity index (χ3n) is 1.63. The quantitative estimate of drug-likeness (QED) is 0.660. The lowest BCUT2D eigenvalue weighted by atomic mass is 10.1. The Hall–Kier alpha value is -2.02. The molecule has 0 unspecified atom stereocenters. The average Bonchev–Trinajstić information content (AvgIpc) is 2.31. The Kier molecular flexibility index (Phi) is 7.42. The molecular formula is C14H16O. The van der Waals surface area contributed by atoms with Gasteiger partial charge in [-0.1, -0.05) is 62.7 Å². The van der Waals surface area contributed by atoms with Gasteiger partial charge in [-0.2, -0.15) is 0 Å². The average molecular weight is 200 g/mol. The highest BCUT2D eigenvalue weighted by Gasteiger charge is 1.89. The molecule has 0 saturated heterocycles. The van der Waals surface area contributed by atoms with Crippen LogP contribution in [0.5, 0.6) is 0 Å². The van der Waals surface area contributed by atoms with E-state index in [1.807, 2.05) is 36.4 Å². The van der Waals surface area contributed by atoms with Gasteiger partial charge >= 0.3 is 0 Å². The molecule has 0 atom stereocenters.